The number of para-hydroxylation sites is 1. The highest BCUT2D eigenvalue weighted by molar-refractivity contribution is 5.92. The number of hydrogen-bond acceptors (Lipinski definition) is 7. The normalized spacial score (nSPS) is 14.6. The molecule has 4 heterocycles. The van der Waals surface area contributed by atoms with Gasteiger partial charge in [0.25, 0.3) is 0 Å². The van der Waals surface area contributed by atoms with Crippen molar-refractivity contribution < 1.29 is 14.3 Å². The third-order valence-electron chi connectivity index (χ3n) is 7.35. The zero-order valence-corrected chi connectivity index (χ0v) is 24.6. The van der Waals surface area contributed by atoms with Crippen LogP contribution in [0.5, 0.6) is 5.75 Å². The number of benzene rings is 2. The van der Waals surface area contributed by atoms with Gasteiger partial charge < -0.3 is 14.4 Å². The number of aromatic nitrogens is 3. The van der Waals surface area contributed by atoms with Gasteiger partial charge in [-0.25, -0.2) is 9.78 Å². The van der Waals surface area contributed by atoms with Gasteiger partial charge in [-0.3, -0.25) is 14.5 Å². The van der Waals surface area contributed by atoms with Crippen molar-refractivity contribution in [2.24, 2.45) is 0 Å². The summed E-state index contributed by atoms with van der Waals surface area (Å²) in [5.74, 6) is 0.462. The lowest BCUT2D eigenvalue weighted by Crippen LogP contribution is -2.47. The number of aryl methyl sites for hydroxylation is 1. The number of nitrogens with zero attached hydrogens (tertiary/aromatic N) is 5. The Morgan fingerprint density at radius 2 is 1.75 bits per heavy atom. The predicted molar refractivity (Wildman–Crippen MR) is 162 cm³/mol. The molecule has 8 nitrogen and oxygen atoms in total. The first-order valence-corrected chi connectivity index (χ1v) is 13.3. The number of anilines is 1. The molecule has 1 fully saturated rings. The maximum atomic E-state index is 12.5. The summed E-state index contributed by atoms with van der Waals surface area (Å²) in [6.45, 7) is 11.0. The maximum Gasteiger partial charge on any atom is 0.359 e. The van der Waals surface area contributed by atoms with Crippen molar-refractivity contribution in [1.82, 2.24) is 19.4 Å². The molecule has 0 saturated carbocycles. The molecule has 0 bridgehead atoms. The number of carbonyl (C=O) groups is 1. The molecule has 212 valence electrons. The van der Waals surface area contributed by atoms with Crippen molar-refractivity contribution in [3.63, 3.8) is 0 Å². The van der Waals surface area contributed by atoms with E-state index in [2.05, 4.69) is 51.2 Å². The molecule has 0 atom stereocenters. The first kappa shape index (κ1) is 29.6. The number of carbonyl (C=O) groups excluding carboxylic acids is 1. The minimum atomic E-state index is -0.411. The SMILES string of the molecule is Cc1ccc2c(N3CCN(CCc4cccc5c4OCc4c(C(=O)OC(C)C)ncn4-5)CC3)cccc2n1.Cl.Cl. The third kappa shape index (κ3) is 5.75. The molecule has 0 spiro atoms. The summed E-state index contributed by atoms with van der Waals surface area (Å²) in [6, 6.07) is 16.9. The Balaban J connectivity index is 0.00000185. The molecule has 0 aliphatic carbocycles. The highest BCUT2D eigenvalue weighted by Crippen LogP contribution is 2.35. The molecule has 0 radical (unpaired) electrons. The highest BCUT2D eigenvalue weighted by atomic mass is 35.5. The first-order chi connectivity index (χ1) is 18.5. The number of fused-ring (bicyclic) bond motifs is 4. The van der Waals surface area contributed by atoms with Crippen molar-refractivity contribution in [3.8, 4) is 11.4 Å². The Kier molecular flexibility index (Phi) is 9.23. The molecule has 2 aromatic heterocycles. The summed E-state index contributed by atoms with van der Waals surface area (Å²) in [6.07, 6.45) is 2.40. The standard InChI is InChI=1S/C30H33N5O3.2ClH/c1-20(2)38-30(36)28-27-18-37-29-22(6-4-9-26(29)35(27)19-31-28)12-13-33-14-16-34(17-15-33)25-8-5-7-24-23(25)11-10-21(3)32-24;;/h4-11,19-20H,12-18H2,1-3H3;2*1H. The van der Waals surface area contributed by atoms with Gasteiger partial charge in [-0.05, 0) is 63.1 Å². The Hall–Kier alpha value is -3.33. The Labute approximate surface area is 247 Å². The van der Waals surface area contributed by atoms with Crippen molar-refractivity contribution in [1.29, 1.82) is 0 Å². The average molecular weight is 585 g/mol. The van der Waals surface area contributed by atoms with E-state index in [0.717, 1.165) is 67.5 Å². The fraction of sp³-hybridized carbons (Fsp3) is 0.367. The van der Waals surface area contributed by atoms with Gasteiger partial charge in [-0.15, -0.1) is 24.8 Å². The number of halogens is 2. The topological polar surface area (TPSA) is 72.7 Å². The highest BCUT2D eigenvalue weighted by Gasteiger charge is 2.27. The molecule has 0 N–H and O–H groups in total. The number of ether oxygens (including phenoxy) is 2. The van der Waals surface area contributed by atoms with E-state index in [0.29, 0.717) is 12.3 Å². The largest absolute Gasteiger partial charge is 0.485 e. The van der Waals surface area contributed by atoms with Gasteiger partial charge in [-0.1, -0.05) is 18.2 Å². The molecule has 4 aromatic rings. The van der Waals surface area contributed by atoms with Crippen LogP contribution in [0.15, 0.2) is 54.9 Å². The van der Waals surface area contributed by atoms with Crippen molar-refractivity contribution in [3.05, 3.63) is 77.5 Å². The van der Waals surface area contributed by atoms with Crippen LogP contribution in [0.1, 0.15) is 41.3 Å². The number of esters is 1. The molecular formula is C30H35Cl2N5O3. The second-order valence-electron chi connectivity index (χ2n) is 10.3. The van der Waals surface area contributed by atoms with Gasteiger partial charge in [0.05, 0.1) is 23.0 Å². The van der Waals surface area contributed by atoms with Gasteiger partial charge in [0.1, 0.15) is 18.7 Å². The van der Waals surface area contributed by atoms with Crippen molar-refractivity contribution in [2.45, 2.75) is 39.9 Å². The summed E-state index contributed by atoms with van der Waals surface area (Å²) in [5, 5.41) is 1.22. The number of hydrogen-bond donors (Lipinski definition) is 0. The lowest BCUT2D eigenvalue weighted by molar-refractivity contribution is 0.0368. The van der Waals surface area contributed by atoms with Crippen molar-refractivity contribution >= 4 is 47.4 Å². The summed E-state index contributed by atoms with van der Waals surface area (Å²) >= 11 is 0. The zero-order chi connectivity index (χ0) is 26.2. The van der Waals surface area contributed by atoms with Crippen LogP contribution in [0.4, 0.5) is 5.69 Å². The maximum absolute atomic E-state index is 12.5. The molecule has 10 heteroatoms. The van der Waals surface area contributed by atoms with E-state index in [1.54, 1.807) is 6.33 Å². The van der Waals surface area contributed by atoms with Gasteiger partial charge >= 0.3 is 5.97 Å². The first-order valence-electron chi connectivity index (χ1n) is 13.3. The molecule has 0 amide bonds. The molecule has 1 saturated heterocycles. The molecule has 40 heavy (non-hydrogen) atoms. The van der Waals surface area contributed by atoms with Gasteiger partial charge in [0, 0.05) is 49.5 Å². The minimum absolute atomic E-state index is 0. The smallest absolute Gasteiger partial charge is 0.359 e. The molecule has 2 aromatic carbocycles. The van der Waals surface area contributed by atoms with Crippen LogP contribution >= 0.6 is 24.8 Å². The molecular weight excluding hydrogens is 549 g/mol. The Bertz CT molecular complexity index is 1500. The Morgan fingerprint density at radius 3 is 2.52 bits per heavy atom. The van der Waals surface area contributed by atoms with Crippen LogP contribution in [0.3, 0.4) is 0 Å². The Morgan fingerprint density at radius 1 is 1.00 bits per heavy atom. The molecule has 6 rings (SSSR count). The summed E-state index contributed by atoms with van der Waals surface area (Å²) in [7, 11) is 0. The monoisotopic (exact) mass is 583 g/mol. The second kappa shape index (κ2) is 12.5. The molecule has 2 aliphatic heterocycles. The van der Waals surface area contributed by atoms with Crippen LogP contribution in [-0.4, -0.2) is 64.2 Å². The second-order valence-corrected chi connectivity index (χ2v) is 10.3. The summed E-state index contributed by atoms with van der Waals surface area (Å²) in [5.41, 5.74) is 6.53. The number of piperazine rings is 1. The van der Waals surface area contributed by atoms with Gasteiger partial charge in [0.2, 0.25) is 0 Å². The minimum Gasteiger partial charge on any atom is -0.485 e. The third-order valence-corrected chi connectivity index (χ3v) is 7.35. The molecule has 2 aliphatic rings. The quantitative estimate of drug-likeness (QED) is 0.281. The van der Waals surface area contributed by atoms with Crippen LogP contribution < -0.4 is 9.64 Å². The van der Waals surface area contributed by atoms with E-state index in [4.69, 9.17) is 14.5 Å². The number of rotatable bonds is 6. The van der Waals surface area contributed by atoms with E-state index in [-0.39, 0.29) is 30.9 Å². The molecule has 0 unspecified atom stereocenters. The van der Waals surface area contributed by atoms with E-state index in [1.165, 1.54) is 16.6 Å². The van der Waals surface area contributed by atoms with Crippen molar-refractivity contribution in [2.75, 3.05) is 37.6 Å². The number of pyridine rings is 1. The predicted octanol–water partition coefficient (Wildman–Crippen LogP) is 5.39. The lowest BCUT2D eigenvalue weighted by atomic mass is 10.1. The van der Waals surface area contributed by atoms with Crippen LogP contribution in [0.25, 0.3) is 16.6 Å². The van der Waals surface area contributed by atoms with Crippen LogP contribution in [0, 0.1) is 6.92 Å². The van der Waals surface area contributed by atoms with E-state index >= 15 is 0 Å². The zero-order valence-electron chi connectivity index (χ0n) is 23.0. The fourth-order valence-corrected chi connectivity index (χ4v) is 5.43. The average Bonchev–Trinajstić information content (AvgIpc) is 3.36. The summed E-state index contributed by atoms with van der Waals surface area (Å²) in [4.78, 5) is 26.5. The van der Waals surface area contributed by atoms with E-state index < -0.39 is 5.97 Å². The van der Waals surface area contributed by atoms with E-state index in [1.807, 2.05) is 37.5 Å². The summed E-state index contributed by atoms with van der Waals surface area (Å²) < 4.78 is 13.5. The van der Waals surface area contributed by atoms with Crippen LogP contribution in [-0.2, 0) is 17.8 Å². The fourth-order valence-electron chi connectivity index (χ4n) is 5.43. The van der Waals surface area contributed by atoms with Gasteiger partial charge in [-0.2, -0.15) is 0 Å². The van der Waals surface area contributed by atoms with E-state index in [9.17, 15) is 4.79 Å². The van der Waals surface area contributed by atoms with Crippen LogP contribution in [0.2, 0.25) is 0 Å². The lowest BCUT2D eigenvalue weighted by Gasteiger charge is -2.36. The number of imidazole rings is 1. The van der Waals surface area contributed by atoms with Gasteiger partial charge in [0.15, 0.2) is 5.69 Å².